The highest BCUT2D eigenvalue weighted by Crippen LogP contribution is 2.21. The Morgan fingerprint density at radius 3 is 2.75 bits per heavy atom. The van der Waals surface area contributed by atoms with Gasteiger partial charge < -0.3 is 15.1 Å². The van der Waals surface area contributed by atoms with Crippen molar-refractivity contribution in [3.63, 3.8) is 0 Å². The molecule has 1 saturated heterocycles. The van der Waals surface area contributed by atoms with E-state index in [1.807, 2.05) is 12.1 Å². The van der Waals surface area contributed by atoms with Crippen LogP contribution >= 0.6 is 0 Å². The predicted octanol–water partition coefficient (Wildman–Crippen LogP) is 1.10. The predicted molar refractivity (Wildman–Crippen MR) is 62.3 cm³/mol. The molecule has 1 aliphatic heterocycles. The lowest BCUT2D eigenvalue weighted by atomic mass is 10.1. The van der Waals surface area contributed by atoms with Gasteiger partial charge in [0, 0.05) is 19.3 Å². The average Bonchev–Trinajstić information content (AvgIpc) is 2.30. The molecule has 0 spiro atoms. The van der Waals surface area contributed by atoms with E-state index < -0.39 is 6.10 Å². The third-order valence-corrected chi connectivity index (χ3v) is 3.04. The molecule has 16 heavy (non-hydrogen) atoms. The van der Waals surface area contributed by atoms with Crippen LogP contribution in [0.3, 0.4) is 0 Å². The van der Waals surface area contributed by atoms with Crippen LogP contribution < -0.4 is 4.90 Å². The molecule has 0 aromatic carbocycles. The topological polar surface area (TPSA) is 56.6 Å². The van der Waals surface area contributed by atoms with Gasteiger partial charge in [-0.2, -0.15) is 0 Å². The summed E-state index contributed by atoms with van der Waals surface area (Å²) in [5, 5.41) is 18.9. The Bertz CT molecular complexity index is 347. The standard InChI is InChI=1S/C12H18N2O2/c1-9(15)10-2-5-13-12(8-10)14-6-3-11(16)4-7-14/h2,5,8-9,11,15-16H,3-4,6-7H2,1H3. The molecule has 2 N–H and O–H groups in total. The van der Waals surface area contributed by atoms with Gasteiger partial charge in [0.1, 0.15) is 5.82 Å². The van der Waals surface area contributed by atoms with Crippen molar-refractivity contribution in [3.8, 4) is 0 Å². The summed E-state index contributed by atoms with van der Waals surface area (Å²) in [5.74, 6) is 0.894. The van der Waals surface area contributed by atoms with Gasteiger partial charge in [-0.25, -0.2) is 4.98 Å². The monoisotopic (exact) mass is 222 g/mol. The van der Waals surface area contributed by atoms with Crippen LogP contribution in [0.1, 0.15) is 31.4 Å². The van der Waals surface area contributed by atoms with Crippen LogP contribution in [0.15, 0.2) is 18.3 Å². The van der Waals surface area contributed by atoms with E-state index >= 15 is 0 Å². The van der Waals surface area contributed by atoms with Crippen molar-refractivity contribution in [1.82, 2.24) is 4.98 Å². The first kappa shape index (κ1) is 11.4. The van der Waals surface area contributed by atoms with E-state index in [0.717, 1.165) is 37.3 Å². The third kappa shape index (κ3) is 2.51. The minimum atomic E-state index is -0.461. The Hall–Kier alpha value is -1.13. The molecule has 4 heteroatoms. The van der Waals surface area contributed by atoms with Gasteiger partial charge in [0.15, 0.2) is 0 Å². The molecule has 0 bridgehead atoms. The van der Waals surface area contributed by atoms with Crippen LogP contribution in [0.2, 0.25) is 0 Å². The van der Waals surface area contributed by atoms with Gasteiger partial charge in [0.25, 0.3) is 0 Å². The van der Waals surface area contributed by atoms with E-state index in [1.54, 1.807) is 13.1 Å². The van der Waals surface area contributed by atoms with Crippen LogP contribution in [0.5, 0.6) is 0 Å². The smallest absolute Gasteiger partial charge is 0.128 e. The number of hydrogen-bond acceptors (Lipinski definition) is 4. The number of rotatable bonds is 2. The van der Waals surface area contributed by atoms with Gasteiger partial charge in [-0.1, -0.05) is 0 Å². The second-order valence-electron chi connectivity index (χ2n) is 4.34. The lowest BCUT2D eigenvalue weighted by Gasteiger charge is -2.30. The van der Waals surface area contributed by atoms with Gasteiger partial charge in [-0.3, -0.25) is 0 Å². The molecule has 0 saturated carbocycles. The van der Waals surface area contributed by atoms with Crippen molar-refractivity contribution in [1.29, 1.82) is 0 Å². The number of anilines is 1. The zero-order chi connectivity index (χ0) is 11.5. The van der Waals surface area contributed by atoms with Gasteiger partial charge in [0.2, 0.25) is 0 Å². The van der Waals surface area contributed by atoms with Crippen LogP contribution in [-0.2, 0) is 0 Å². The lowest BCUT2D eigenvalue weighted by molar-refractivity contribution is 0.145. The maximum absolute atomic E-state index is 9.50. The quantitative estimate of drug-likeness (QED) is 0.786. The van der Waals surface area contributed by atoms with Crippen LogP contribution in [0.25, 0.3) is 0 Å². The first-order chi connectivity index (χ1) is 7.66. The van der Waals surface area contributed by atoms with Crippen molar-refractivity contribution < 1.29 is 10.2 Å². The molecule has 2 rings (SSSR count). The van der Waals surface area contributed by atoms with Crippen molar-refractivity contribution in [3.05, 3.63) is 23.9 Å². The Labute approximate surface area is 95.5 Å². The molecular formula is C12H18N2O2. The van der Waals surface area contributed by atoms with E-state index in [4.69, 9.17) is 0 Å². The van der Waals surface area contributed by atoms with Gasteiger partial charge in [0.05, 0.1) is 12.2 Å². The number of hydrogen-bond donors (Lipinski definition) is 2. The molecule has 0 aliphatic carbocycles. The molecule has 2 heterocycles. The summed E-state index contributed by atoms with van der Waals surface area (Å²) in [7, 11) is 0. The lowest BCUT2D eigenvalue weighted by Crippen LogP contribution is -2.36. The number of nitrogens with zero attached hydrogens (tertiary/aromatic N) is 2. The van der Waals surface area contributed by atoms with E-state index in [1.165, 1.54) is 0 Å². The minimum Gasteiger partial charge on any atom is -0.393 e. The summed E-state index contributed by atoms with van der Waals surface area (Å²) in [4.78, 5) is 6.46. The molecule has 4 nitrogen and oxygen atoms in total. The molecular weight excluding hydrogens is 204 g/mol. The summed E-state index contributed by atoms with van der Waals surface area (Å²) in [5.41, 5.74) is 0.885. The Balaban J connectivity index is 2.11. The van der Waals surface area contributed by atoms with E-state index in [2.05, 4.69) is 9.88 Å². The van der Waals surface area contributed by atoms with Crippen LogP contribution in [-0.4, -0.2) is 34.4 Å². The van der Waals surface area contributed by atoms with Crippen molar-refractivity contribution in [2.75, 3.05) is 18.0 Å². The highest BCUT2D eigenvalue weighted by molar-refractivity contribution is 5.41. The van der Waals surface area contributed by atoms with E-state index in [-0.39, 0.29) is 6.10 Å². The van der Waals surface area contributed by atoms with Gasteiger partial charge >= 0.3 is 0 Å². The molecule has 1 aromatic rings. The normalized spacial score (nSPS) is 19.8. The van der Waals surface area contributed by atoms with E-state index in [9.17, 15) is 10.2 Å². The number of aliphatic hydroxyl groups is 2. The van der Waals surface area contributed by atoms with E-state index in [0.29, 0.717) is 0 Å². The molecule has 1 unspecified atom stereocenters. The molecule has 1 aliphatic rings. The first-order valence-corrected chi connectivity index (χ1v) is 5.74. The molecule has 1 fully saturated rings. The summed E-state index contributed by atoms with van der Waals surface area (Å²) < 4.78 is 0. The maximum atomic E-state index is 9.50. The molecule has 0 amide bonds. The fraction of sp³-hybridized carbons (Fsp3) is 0.583. The number of piperidine rings is 1. The van der Waals surface area contributed by atoms with Crippen LogP contribution in [0, 0.1) is 0 Å². The van der Waals surface area contributed by atoms with Gasteiger partial charge in [-0.15, -0.1) is 0 Å². The number of pyridine rings is 1. The largest absolute Gasteiger partial charge is 0.393 e. The molecule has 1 aromatic heterocycles. The zero-order valence-corrected chi connectivity index (χ0v) is 9.50. The SMILES string of the molecule is CC(O)c1ccnc(N2CCC(O)CC2)c1. The highest BCUT2D eigenvalue weighted by Gasteiger charge is 2.18. The maximum Gasteiger partial charge on any atom is 0.128 e. The Kier molecular flexibility index (Phi) is 3.41. The summed E-state index contributed by atoms with van der Waals surface area (Å²) >= 11 is 0. The Morgan fingerprint density at radius 1 is 1.44 bits per heavy atom. The molecule has 1 atom stereocenters. The second-order valence-corrected chi connectivity index (χ2v) is 4.34. The summed E-state index contributed by atoms with van der Waals surface area (Å²) in [6, 6.07) is 3.75. The van der Waals surface area contributed by atoms with Crippen LogP contribution in [0.4, 0.5) is 5.82 Å². The fourth-order valence-electron chi connectivity index (χ4n) is 1.96. The van der Waals surface area contributed by atoms with Crippen molar-refractivity contribution in [2.45, 2.75) is 32.0 Å². The zero-order valence-electron chi connectivity index (χ0n) is 9.50. The summed E-state index contributed by atoms with van der Waals surface area (Å²) in [6.07, 6.45) is 2.68. The minimum absolute atomic E-state index is 0.170. The Morgan fingerprint density at radius 2 is 2.12 bits per heavy atom. The molecule has 0 radical (unpaired) electrons. The summed E-state index contributed by atoms with van der Waals surface area (Å²) in [6.45, 7) is 3.41. The number of aromatic nitrogens is 1. The van der Waals surface area contributed by atoms with Gasteiger partial charge in [-0.05, 0) is 37.5 Å². The van der Waals surface area contributed by atoms with Crippen molar-refractivity contribution >= 4 is 5.82 Å². The third-order valence-electron chi connectivity index (χ3n) is 3.04. The highest BCUT2D eigenvalue weighted by atomic mass is 16.3. The average molecular weight is 222 g/mol. The number of aliphatic hydroxyl groups excluding tert-OH is 2. The fourth-order valence-corrected chi connectivity index (χ4v) is 1.96. The first-order valence-electron chi connectivity index (χ1n) is 5.74. The van der Waals surface area contributed by atoms with Crippen molar-refractivity contribution in [2.24, 2.45) is 0 Å². The second kappa shape index (κ2) is 4.80. The molecule has 88 valence electrons.